The highest BCUT2D eigenvalue weighted by Gasteiger charge is 2.21. The first-order chi connectivity index (χ1) is 34.2. The van der Waals surface area contributed by atoms with E-state index in [1.165, 1.54) is 90.7 Å². The van der Waals surface area contributed by atoms with Crippen LogP contribution < -0.4 is 0 Å². The zero-order valence-corrected chi connectivity index (χ0v) is 37.8. The molecule has 0 amide bonds. The number of rotatable bonds is 5. The predicted molar refractivity (Wildman–Crippen MR) is 290 cm³/mol. The van der Waals surface area contributed by atoms with Crippen molar-refractivity contribution in [2.24, 2.45) is 0 Å². The maximum absolute atomic E-state index is 5.08. The minimum Gasteiger partial charge on any atom is -0.309 e. The number of hydrogen-bond acceptors (Lipinski definition) is 4. The van der Waals surface area contributed by atoms with Crippen molar-refractivity contribution in [2.45, 2.75) is 0 Å². The van der Waals surface area contributed by atoms with Crippen molar-refractivity contribution in [1.29, 1.82) is 0 Å². The predicted octanol–water partition coefficient (Wildman–Crippen LogP) is 16.9. The van der Waals surface area contributed by atoms with Gasteiger partial charge in [-0.2, -0.15) is 0 Å². The molecule has 6 heteroatoms. The van der Waals surface area contributed by atoms with E-state index < -0.39 is 0 Å². The van der Waals surface area contributed by atoms with Gasteiger partial charge < -0.3 is 9.13 Å². The van der Waals surface area contributed by atoms with Crippen LogP contribution in [0.5, 0.6) is 0 Å². The highest BCUT2D eigenvalue weighted by Crippen LogP contribution is 2.45. The molecular formula is C63H37N5S. The molecule has 0 saturated carbocycles. The van der Waals surface area contributed by atoms with Crippen LogP contribution in [0.2, 0.25) is 0 Å². The summed E-state index contributed by atoms with van der Waals surface area (Å²) in [6.07, 6.45) is 0. The van der Waals surface area contributed by atoms with Gasteiger partial charge in [0.25, 0.3) is 0 Å². The van der Waals surface area contributed by atoms with E-state index >= 15 is 0 Å². The summed E-state index contributed by atoms with van der Waals surface area (Å²) >= 11 is 1.90. The fourth-order valence-electron chi connectivity index (χ4n) is 11.1. The Morgan fingerprint density at radius 2 is 0.725 bits per heavy atom. The second-order valence-corrected chi connectivity index (χ2v) is 19.0. The van der Waals surface area contributed by atoms with Gasteiger partial charge in [-0.15, -0.1) is 11.3 Å². The molecular weight excluding hydrogens is 859 g/mol. The van der Waals surface area contributed by atoms with Crippen LogP contribution in [-0.4, -0.2) is 24.1 Å². The monoisotopic (exact) mass is 895 g/mol. The second kappa shape index (κ2) is 14.8. The molecule has 320 valence electrons. The van der Waals surface area contributed by atoms with Crippen molar-refractivity contribution >= 4 is 107 Å². The Labute approximate surface area is 399 Å². The van der Waals surface area contributed by atoms with Crippen molar-refractivity contribution in [2.75, 3.05) is 0 Å². The summed E-state index contributed by atoms with van der Waals surface area (Å²) < 4.78 is 7.57. The van der Waals surface area contributed by atoms with Gasteiger partial charge in [0.15, 0.2) is 17.5 Å². The van der Waals surface area contributed by atoms with Crippen LogP contribution in [0.25, 0.3) is 142 Å². The summed E-state index contributed by atoms with van der Waals surface area (Å²) in [5, 5.41) is 14.8. The van der Waals surface area contributed by atoms with Crippen LogP contribution in [0.4, 0.5) is 0 Å². The standard InChI is InChI=1S/C63H37N5S/c1-3-15-38(16-4-1)61-64-62(39-17-5-2-6-18-39)66-63(65-61)40-27-30-45-46-31-28-41(36-52(46)44-20-8-7-19-43(44)51(45)35-40)67-54-24-12-9-21-47(54)53-37-42(29-33-56(53)67)68-55-25-13-10-23-50(55)59-57(68)34-32-49-48-22-11-14-26-58(48)69-60(49)59/h1-37H. The molecule has 11 aromatic carbocycles. The van der Waals surface area contributed by atoms with Crippen molar-refractivity contribution in [3.8, 4) is 45.5 Å². The fraction of sp³-hybridized carbons (Fsp3) is 0. The molecule has 15 rings (SSSR count). The van der Waals surface area contributed by atoms with Crippen molar-refractivity contribution in [3.63, 3.8) is 0 Å². The second-order valence-electron chi connectivity index (χ2n) is 17.9. The molecule has 0 N–H and O–H groups in total. The van der Waals surface area contributed by atoms with Gasteiger partial charge in [-0.05, 0) is 93.0 Å². The third kappa shape index (κ3) is 5.73. The van der Waals surface area contributed by atoms with E-state index in [1.807, 2.05) is 47.7 Å². The van der Waals surface area contributed by atoms with Gasteiger partial charge in [-0.25, -0.2) is 15.0 Å². The molecule has 0 atom stereocenters. The lowest BCUT2D eigenvalue weighted by Crippen LogP contribution is -2.00. The normalized spacial score (nSPS) is 12.1. The Morgan fingerprint density at radius 3 is 1.42 bits per heavy atom. The molecule has 0 aliphatic heterocycles. The summed E-state index contributed by atoms with van der Waals surface area (Å²) in [5.74, 6) is 1.94. The van der Waals surface area contributed by atoms with Gasteiger partial charge in [0.1, 0.15) is 0 Å². The lowest BCUT2D eigenvalue weighted by atomic mass is 9.93. The van der Waals surface area contributed by atoms with Crippen LogP contribution in [-0.2, 0) is 0 Å². The fourth-order valence-corrected chi connectivity index (χ4v) is 12.3. The SMILES string of the molecule is c1ccc(-c2nc(-c3ccccc3)nc(-c3ccc4c5ccc(-n6c7ccccc7c7cc(-n8c9ccccc9c9c%10sc%11ccccc%11c%10ccc98)ccc76)cc5c5ccccc5c4c3)n2)cc1. The first kappa shape index (κ1) is 38.2. The van der Waals surface area contributed by atoms with Gasteiger partial charge in [-0.3, -0.25) is 0 Å². The van der Waals surface area contributed by atoms with Crippen LogP contribution in [0.15, 0.2) is 224 Å². The lowest BCUT2D eigenvalue weighted by Gasteiger charge is -2.15. The number of fused-ring (bicyclic) bond motifs is 16. The van der Waals surface area contributed by atoms with Gasteiger partial charge in [0.2, 0.25) is 0 Å². The van der Waals surface area contributed by atoms with E-state index in [-0.39, 0.29) is 0 Å². The number of hydrogen-bond donors (Lipinski definition) is 0. The van der Waals surface area contributed by atoms with Gasteiger partial charge in [-0.1, -0.05) is 164 Å². The number of benzene rings is 11. The van der Waals surface area contributed by atoms with Gasteiger partial charge >= 0.3 is 0 Å². The van der Waals surface area contributed by atoms with Crippen molar-refractivity contribution in [3.05, 3.63) is 224 Å². The first-order valence-corrected chi connectivity index (χ1v) is 24.2. The molecule has 0 fully saturated rings. The number of nitrogens with zero attached hydrogens (tertiary/aromatic N) is 5. The summed E-state index contributed by atoms with van der Waals surface area (Å²) in [6, 6.07) is 80.9. The molecule has 0 spiro atoms. The Morgan fingerprint density at radius 1 is 0.275 bits per heavy atom. The minimum atomic E-state index is 0.644. The highest BCUT2D eigenvalue weighted by atomic mass is 32.1. The third-order valence-electron chi connectivity index (χ3n) is 14.1. The Balaban J connectivity index is 0.900. The van der Waals surface area contributed by atoms with E-state index in [0.29, 0.717) is 17.5 Å². The van der Waals surface area contributed by atoms with E-state index in [1.54, 1.807) is 0 Å². The van der Waals surface area contributed by atoms with Crippen LogP contribution >= 0.6 is 11.3 Å². The lowest BCUT2D eigenvalue weighted by molar-refractivity contribution is 1.07. The maximum Gasteiger partial charge on any atom is 0.164 e. The van der Waals surface area contributed by atoms with Crippen molar-refractivity contribution < 1.29 is 0 Å². The molecule has 0 bridgehead atoms. The zero-order valence-electron chi connectivity index (χ0n) is 37.0. The highest BCUT2D eigenvalue weighted by molar-refractivity contribution is 7.26. The molecule has 5 nitrogen and oxygen atoms in total. The summed E-state index contributed by atoms with van der Waals surface area (Å²) in [6.45, 7) is 0. The van der Waals surface area contributed by atoms with Crippen LogP contribution in [0, 0.1) is 0 Å². The summed E-state index contributed by atoms with van der Waals surface area (Å²) in [7, 11) is 0. The Bertz CT molecular complexity index is 4520. The molecule has 0 aliphatic carbocycles. The third-order valence-corrected chi connectivity index (χ3v) is 15.3. The van der Waals surface area contributed by atoms with E-state index in [4.69, 9.17) is 15.0 Å². The van der Waals surface area contributed by atoms with Gasteiger partial charge in [0, 0.05) is 69.8 Å². The van der Waals surface area contributed by atoms with Gasteiger partial charge in [0.05, 0.1) is 22.1 Å². The Hall–Kier alpha value is -8.97. The average molecular weight is 896 g/mol. The number of thiophene rings is 1. The number of aromatic nitrogens is 5. The Kier molecular flexibility index (Phi) is 8.17. The molecule has 0 unspecified atom stereocenters. The molecule has 4 aromatic heterocycles. The maximum atomic E-state index is 5.08. The quantitative estimate of drug-likeness (QED) is 0.162. The van der Waals surface area contributed by atoms with E-state index in [2.05, 4.69) is 197 Å². The smallest absolute Gasteiger partial charge is 0.164 e. The molecule has 0 aliphatic rings. The molecule has 0 radical (unpaired) electrons. The molecule has 69 heavy (non-hydrogen) atoms. The minimum absolute atomic E-state index is 0.644. The van der Waals surface area contributed by atoms with Crippen LogP contribution in [0.1, 0.15) is 0 Å². The first-order valence-electron chi connectivity index (χ1n) is 23.3. The zero-order chi connectivity index (χ0) is 45.2. The molecule has 4 heterocycles. The molecule has 0 saturated heterocycles. The number of para-hydroxylation sites is 2. The van der Waals surface area contributed by atoms with E-state index in [0.717, 1.165) is 33.5 Å². The van der Waals surface area contributed by atoms with Crippen LogP contribution in [0.3, 0.4) is 0 Å². The largest absolute Gasteiger partial charge is 0.309 e. The topological polar surface area (TPSA) is 48.5 Å². The van der Waals surface area contributed by atoms with Crippen molar-refractivity contribution in [1.82, 2.24) is 24.1 Å². The average Bonchev–Trinajstić information content (AvgIpc) is 4.09. The summed E-state index contributed by atoms with van der Waals surface area (Å²) in [5.41, 5.74) is 9.90. The molecule has 15 aromatic rings. The van der Waals surface area contributed by atoms with E-state index in [9.17, 15) is 0 Å². The summed E-state index contributed by atoms with van der Waals surface area (Å²) in [4.78, 5) is 15.1.